The third-order valence-electron chi connectivity index (χ3n) is 8.70. The van der Waals surface area contributed by atoms with Crippen molar-refractivity contribution in [3.8, 4) is 17.3 Å². The van der Waals surface area contributed by atoms with Crippen LogP contribution in [-0.4, -0.2) is 56.2 Å². The Kier molecular flexibility index (Phi) is 8.03. The highest BCUT2D eigenvalue weighted by molar-refractivity contribution is 6.34. The van der Waals surface area contributed by atoms with Crippen LogP contribution in [0.15, 0.2) is 24.4 Å². The third-order valence-corrected chi connectivity index (χ3v) is 9.00. The fraction of sp³-hybridized carbons (Fsp3) is 0.400. The summed E-state index contributed by atoms with van der Waals surface area (Å²) in [5.41, 5.74) is 6.98. The summed E-state index contributed by atoms with van der Waals surface area (Å²) in [5, 5.41) is 2.64. The van der Waals surface area contributed by atoms with E-state index < -0.39 is 74.3 Å². The Morgan fingerprint density at radius 2 is 1.93 bits per heavy atom. The third kappa shape index (κ3) is 5.48. The number of nitrogens with two attached hydrogens (primary N) is 2. The first-order chi connectivity index (χ1) is 21.7. The zero-order valence-corrected chi connectivity index (χ0v) is 25.4. The van der Waals surface area contributed by atoms with Gasteiger partial charge in [0.05, 0.1) is 33.4 Å². The number of nitrogens with one attached hydrogen (secondary N) is 1. The molecule has 16 heteroatoms. The van der Waals surface area contributed by atoms with Crippen LogP contribution in [0.2, 0.25) is 5.02 Å². The predicted molar refractivity (Wildman–Crippen MR) is 161 cm³/mol. The van der Waals surface area contributed by atoms with Crippen LogP contribution in [0.25, 0.3) is 22.2 Å². The van der Waals surface area contributed by atoms with Crippen LogP contribution >= 0.6 is 11.6 Å². The molecule has 46 heavy (non-hydrogen) atoms. The van der Waals surface area contributed by atoms with Crippen LogP contribution in [0, 0.1) is 18.6 Å². The van der Waals surface area contributed by atoms with Crippen molar-refractivity contribution in [2.75, 3.05) is 36.5 Å². The van der Waals surface area contributed by atoms with Crippen molar-refractivity contribution >= 4 is 40.0 Å². The molecule has 0 aliphatic carbocycles. The van der Waals surface area contributed by atoms with Gasteiger partial charge in [0.15, 0.2) is 17.5 Å². The number of nitrogen functional groups attached to an aromatic ring is 2. The van der Waals surface area contributed by atoms with Crippen LogP contribution in [0.4, 0.5) is 43.8 Å². The summed E-state index contributed by atoms with van der Waals surface area (Å²) in [6.07, 6.45) is -2.90. The monoisotopic (exact) mass is 666 g/mol. The highest BCUT2D eigenvalue weighted by Crippen LogP contribution is 2.46. The van der Waals surface area contributed by atoms with Gasteiger partial charge in [0.2, 0.25) is 0 Å². The number of hydrogen-bond acceptors (Lipinski definition) is 9. The van der Waals surface area contributed by atoms with Gasteiger partial charge in [-0.25, -0.2) is 23.1 Å². The topological polar surface area (TPSA) is 128 Å². The van der Waals surface area contributed by atoms with E-state index in [1.807, 2.05) is 4.90 Å². The molecule has 0 spiro atoms. The largest absolute Gasteiger partial charge is 0.461 e. The SMILES string of the molecule is Cc1c(F)c(N)nc(-c2c(Cl)cc3c(NC(C)c4cccnc4N)nc(OC[C@@]45CCCN4C[C@H](F)C5)nc3c2F)c1C(F)(F)F. The number of hydrogen-bond donors (Lipinski definition) is 3. The number of aromatic nitrogens is 4. The van der Waals surface area contributed by atoms with Gasteiger partial charge in [-0.3, -0.25) is 4.90 Å². The number of ether oxygens (including phenoxy) is 1. The van der Waals surface area contributed by atoms with Crippen molar-refractivity contribution < 1.29 is 31.1 Å². The minimum atomic E-state index is -5.14. The fourth-order valence-corrected chi connectivity index (χ4v) is 6.81. The maximum atomic E-state index is 16.6. The summed E-state index contributed by atoms with van der Waals surface area (Å²) < 4.78 is 94.1. The Morgan fingerprint density at radius 3 is 2.65 bits per heavy atom. The number of rotatable bonds is 7. The molecule has 0 saturated carbocycles. The Labute approximate surface area is 264 Å². The van der Waals surface area contributed by atoms with Crippen LogP contribution in [-0.2, 0) is 6.18 Å². The Balaban J connectivity index is 1.51. The van der Waals surface area contributed by atoms with Gasteiger partial charge in [0.1, 0.15) is 29.9 Å². The molecule has 3 atom stereocenters. The zero-order valence-electron chi connectivity index (χ0n) is 24.7. The second kappa shape index (κ2) is 11.6. The molecule has 2 aliphatic heterocycles. The molecule has 6 rings (SSSR count). The molecule has 1 aromatic carbocycles. The Bertz CT molecular complexity index is 1840. The van der Waals surface area contributed by atoms with Crippen molar-refractivity contribution in [1.29, 1.82) is 0 Å². The second-order valence-corrected chi connectivity index (χ2v) is 12.1. The van der Waals surface area contributed by atoms with Crippen molar-refractivity contribution in [1.82, 2.24) is 24.8 Å². The molecule has 0 radical (unpaired) electrons. The normalized spacial score (nSPS) is 20.7. The average molecular weight is 667 g/mol. The molecule has 2 aliphatic rings. The van der Waals surface area contributed by atoms with Gasteiger partial charge in [-0.1, -0.05) is 17.7 Å². The van der Waals surface area contributed by atoms with Gasteiger partial charge in [0.25, 0.3) is 0 Å². The Hall–Kier alpha value is -4.11. The first kappa shape index (κ1) is 31.9. The van der Waals surface area contributed by atoms with E-state index in [4.69, 9.17) is 27.8 Å². The van der Waals surface area contributed by atoms with Crippen LogP contribution < -0.4 is 21.5 Å². The number of fused-ring (bicyclic) bond motifs is 2. The molecule has 244 valence electrons. The lowest BCUT2D eigenvalue weighted by Crippen LogP contribution is -2.43. The highest BCUT2D eigenvalue weighted by atomic mass is 35.5. The minimum absolute atomic E-state index is 0.000985. The number of nitrogens with zero attached hydrogens (tertiary/aromatic N) is 5. The average Bonchev–Trinajstić information content (AvgIpc) is 3.50. The molecule has 0 amide bonds. The predicted octanol–water partition coefficient (Wildman–Crippen LogP) is 6.64. The summed E-state index contributed by atoms with van der Waals surface area (Å²) in [7, 11) is 0. The van der Waals surface area contributed by atoms with Crippen LogP contribution in [0.3, 0.4) is 0 Å². The van der Waals surface area contributed by atoms with Crippen molar-refractivity contribution in [2.24, 2.45) is 0 Å². The minimum Gasteiger partial charge on any atom is -0.461 e. The molecular formula is C30H29ClF6N8O. The van der Waals surface area contributed by atoms with Crippen molar-refractivity contribution in [3.05, 3.63) is 57.7 Å². The number of anilines is 3. The summed E-state index contributed by atoms with van der Waals surface area (Å²) in [6, 6.07) is 3.72. The Morgan fingerprint density at radius 1 is 1.17 bits per heavy atom. The van der Waals surface area contributed by atoms with Crippen LogP contribution in [0.1, 0.15) is 48.9 Å². The van der Waals surface area contributed by atoms with Crippen molar-refractivity contribution in [2.45, 2.75) is 57.0 Å². The maximum absolute atomic E-state index is 16.6. The van der Waals surface area contributed by atoms with Gasteiger partial charge in [0, 0.05) is 35.7 Å². The zero-order chi connectivity index (χ0) is 33.1. The van der Waals surface area contributed by atoms with E-state index in [0.29, 0.717) is 18.5 Å². The lowest BCUT2D eigenvalue weighted by Gasteiger charge is -2.30. The van der Waals surface area contributed by atoms with Gasteiger partial charge >= 0.3 is 12.2 Å². The van der Waals surface area contributed by atoms with E-state index in [1.54, 1.807) is 19.1 Å². The van der Waals surface area contributed by atoms with Gasteiger partial charge in [-0.05, 0) is 45.4 Å². The highest BCUT2D eigenvalue weighted by Gasteiger charge is 2.49. The molecule has 0 bridgehead atoms. The van der Waals surface area contributed by atoms with E-state index in [2.05, 4.69) is 25.3 Å². The van der Waals surface area contributed by atoms with Gasteiger partial charge < -0.3 is 21.5 Å². The molecule has 9 nitrogen and oxygen atoms in total. The quantitative estimate of drug-likeness (QED) is 0.186. The van der Waals surface area contributed by atoms with E-state index in [0.717, 1.165) is 13.3 Å². The lowest BCUT2D eigenvalue weighted by atomic mass is 9.95. The van der Waals surface area contributed by atoms with E-state index in [9.17, 15) is 22.0 Å². The number of alkyl halides is 4. The van der Waals surface area contributed by atoms with E-state index >= 15 is 4.39 Å². The summed E-state index contributed by atoms with van der Waals surface area (Å²) in [4.78, 5) is 18.4. The smallest absolute Gasteiger partial charge is 0.418 e. The number of halogens is 7. The van der Waals surface area contributed by atoms with Crippen molar-refractivity contribution in [3.63, 3.8) is 0 Å². The molecule has 3 aromatic heterocycles. The second-order valence-electron chi connectivity index (χ2n) is 11.7. The molecule has 4 aromatic rings. The number of pyridine rings is 2. The molecule has 5 N–H and O–H groups in total. The summed E-state index contributed by atoms with van der Waals surface area (Å²) >= 11 is 6.45. The summed E-state index contributed by atoms with van der Waals surface area (Å²) in [6.45, 7) is 3.57. The standard InChI is InChI=1S/C30H29ClF6N8O/c1-13-20(30(35,36)37)24(42-26(39)21(13)33)19-18(31)9-17-23(22(19)34)43-28(46-12-29-6-4-8-45(29)11-15(32)10-29)44-27(17)41-14(2)16-5-3-7-40-25(16)38/h3,5,7,9,14-15H,4,6,8,10-12H2,1-2H3,(H2,38,40)(H2,39,42)(H,41,43,44)/t14?,15-,29+/m1/s1. The molecular weight excluding hydrogens is 638 g/mol. The lowest BCUT2D eigenvalue weighted by molar-refractivity contribution is -0.137. The molecule has 2 fully saturated rings. The molecule has 2 saturated heterocycles. The summed E-state index contributed by atoms with van der Waals surface area (Å²) in [5.74, 6) is -3.29. The van der Waals surface area contributed by atoms with Gasteiger partial charge in [-0.2, -0.15) is 23.1 Å². The molecule has 5 heterocycles. The first-order valence-electron chi connectivity index (χ1n) is 14.4. The van der Waals surface area contributed by atoms with E-state index in [-0.39, 0.29) is 42.6 Å². The number of benzene rings is 1. The first-order valence-corrected chi connectivity index (χ1v) is 14.8. The van der Waals surface area contributed by atoms with Crippen LogP contribution in [0.5, 0.6) is 6.01 Å². The fourth-order valence-electron chi connectivity index (χ4n) is 6.53. The molecule has 1 unspecified atom stereocenters. The van der Waals surface area contributed by atoms with Gasteiger partial charge in [-0.15, -0.1) is 0 Å². The maximum Gasteiger partial charge on any atom is 0.418 e. The van der Waals surface area contributed by atoms with E-state index in [1.165, 1.54) is 12.3 Å².